The lowest BCUT2D eigenvalue weighted by molar-refractivity contribution is -0.121. The van der Waals surface area contributed by atoms with Crippen LogP contribution in [0.3, 0.4) is 0 Å². The molecule has 0 aliphatic heterocycles. The Labute approximate surface area is 129 Å². The summed E-state index contributed by atoms with van der Waals surface area (Å²) in [5.41, 5.74) is 1.66. The molecule has 1 N–H and O–H groups in total. The number of benzene rings is 1. The number of Topliss-reactive ketones (excluding diaryl/α,β-unsaturated/α-hetero) is 1. The molecule has 1 aromatic heterocycles. The average Bonchev–Trinajstić information content (AvgIpc) is 3.31. The molecule has 1 aliphatic carbocycles. The van der Waals surface area contributed by atoms with Crippen LogP contribution in [0.25, 0.3) is 10.9 Å². The number of rotatable bonds is 7. The predicted molar refractivity (Wildman–Crippen MR) is 83.9 cm³/mol. The molecule has 5 heteroatoms. The van der Waals surface area contributed by atoms with Gasteiger partial charge >= 0.3 is 0 Å². The minimum atomic E-state index is -0.0803. The molecule has 0 spiro atoms. The average molecular weight is 300 g/mol. The third-order valence-electron chi connectivity index (χ3n) is 3.94. The van der Waals surface area contributed by atoms with Crippen LogP contribution in [-0.2, 0) is 16.1 Å². The molecule has 0 saturated heterocycles. The number of ether oxygens (including phenoxy) is 1. The molecule has 1 aromatic carbocycles. The molecular formula is C17H20N2O3. The molecule has 1 aliphatic rings. The number of aromatic nitrogens is 1. The van der Waals surface area contributed by atoms with Crippen LogP contribution in [-0.4, -0.2) is 36.5 Å². The van der Waals surface area contributed by atoms with E-state index in [1.54, 1.807) is 7.11 Å². The maximum absolute atomic E-state index is 12.4. The summed E-state index contributed by atoms with van der Waals surface area (Å²) in [6.45, 7) is 1.19. The third kappa shape index (κ3) is 3.04. The van der Waals surface area contributed by atoms with E-state index in [9.17, 15) is 9.59 Å². The summed E-state index contributed by atoms with van der Waals surface area (Å²) in [4.78, 5) is 24.4. The summed E-state index contributed by atoms with van der Waals surface area (Å²) < 4.78 is 6.77. The van der Waals surface area contributed by atoms with E-state index in [2.05, 4.69) is 5.32 Å². The highest BCUT2D eigenvalue weighted by Gasteiger charge is 2.32. The summed E-state index contributed by atoms with van der Waals surface area (Å²) >= 11 is 0. The smallest absolute Gasteiger partial charge is 0.240 e. The Morgan fingerprint density at radius 2 is 2.09 bits per heavy atom. The zero-order chi connectivity index (χ0) is 15.5. The van der Waals surface area contributed by atoms with E-state index in [4.69, 9.17) is 4.74 Å². The first-order chi connectivity index (χ1) is 10.7. The minimum absolute atomic E-state index is 0.0803. The highest BCUT2D eigenvalue weighted by Crippen LogP contribution is 2.35. The van der Waals surface area contributed by atoms with Crippen molar-refractivity contribution >= 4 is 22.6 Å². The predicted octanol–water partition coefficient (Wildman–Crippen LogP) is 2.00. The topological polar surface area (TPSA) is 60.3 Å². The van der Waals surface area contributed by atoms with Crippen molar-refractivity contribution in [1.82, 2.24) is 9.88 Å². The number of amides is 1. The second kappa shape index (κ2) is 6.32. The minimum Gasteiger partial charge on any atom is -0.383 e. The summed E-state index contributed by atoms with van der Waals surface area (Å²) in [5.74, 6) is 0.299. The number of hydrogen-bond donors (Lipinski definition) is 1. The van der Waals surface area contributed by atoms with Crippen molar-refractivity contribution in [2.75, 3.05) is 20.3 Å². The van der Waals surface area contributed by atoms with E-state index in [0.29, 0.717) is 13.2 Å². The standard InChI is InChI=1S/C17H20N2O3/c1-22-9-8-18-16(20)11-19-10-14(17(21)12-6-7-12)13-4-2-3-5-15(13)19/h2-5,10,12H,6-9,11H2,1H3,(H,18,20). The second-order valence-electron chi connectivity index (χ2n) is 5.67. The Morgan fingerprint density at radius 3 is 2.82 bits per heavy atom. The Bertz CT molecular complexity index is 701. The van der Waals surface area contributed by atoms with Crippen molar-refractivity contribution in [3.8, 4) is 0 Å². The highest BCUT2D eigenvalue weighted by molar-refractivity contribution is 6.10. The summed E-state index contributed by atoms with van der Waals surface area (Å²) in [7, 11) is 1.60. The van der Waals surface area contributed by atoms with Gasteiger partial charge in [-0.2, -0.15) is 0 Å². The fraction of sp³-hybridized carbons (Fsp3) is 0.412. The summed E-state index contributed by atoms with van der Waals surface area (Å²) in [6, 6.07) is 7.74. The van der Waals surface area contributed by atoms with Crippen LogP contribution in [0.2, 0.25) is 0 Å². The molecule has 0 unspecified atom stereocenters. The number of hydrogen-bond acceptors (Lipinski definition) is 3. The fourth-order valence-corrected chi connectivity index (χ4v) is 2.64. The van der Waals surface area contributed by atoms with Crippen LogP contribution in [0.1, 0.15) is 23.2 Å². The number of ketones is 1. The van der Waals surface area contributed by atoms with Gasteiger partial charge in [-0.3, -0.25) is 9.59 Å². The SMILES string of the molecule is COCCNC(=O)Cn1cc(C(=O)C2CC2)c2ccccc21. The molecule has 1 heterocycles. The number of nitrogens with zero attached hydrogens (tertiary/aromatic N) is 1. The van der Waals surface area contributed by atoms with Crippen LogP contribution in [0.5, 0.6) is 0 Å². The van der Waals surface area contributed by atoms with E-state index in [1.165, 1.54) is 0 Å². The van der Waals surface area contributed by atoms with Crippen molar-refractivity contribution in [2.24, 2.45) is 5.92 Å². The van der Waals surface area contributed by atoms with Crippen molar-refractivity contribution < 1.29 is 14.3 Å². The molecule has 2 aromatic rings. The zero-order valence-electron chi connectivity index (χ0n) is 12.7. The maximum Gasteiger partial charge on any atom is 0.240 e. The third-order valence-corrected chi connectivity index (χ3v) is 3.94. The lowest BCUT2D eigenvalue weighted by Gasteiger charge is -2.06. The quantitative estimate of drug-likeness (QED) is 0.628. The van der Waals surface area contributed by atoms with Gasteiger partial charge in [-0.25, -0.2) is 0 Å². The molecule has 5 nitrogen and oxygen atoms in total. The normalized spacial score (nSPS) is 14.2. The molecule has 22 heavy (non-hydrogen) atoms. The Hall–Kier alpha value is -2.14. The van der Waals surface area contributed by atoms with Crippen molar-refractivity contribution in [1.29, 1.82) is 0 Å². The molecular weight excluding hydrogens is 280 g/mol. The van der Waals surface area contributed by atoms with E-state index in [1.807, 2.05) is 35.0 Å². The molecule has 0 bridgehead atoms. The van der Waals surface area contributed by atoms with Gasteiger partial charge in [-0.15, -0.1) is 0 Å². The van der Waals surface area contributed by atoms with Crippen LogP contribution < -0.4 is 5.32 Å². The van der Waals surface area contributed by atoms with Gasteiger partial charge in [0.1, 0.15) is 6.54 Å². The number of fused-ring (bicyclic) bond motifs is 1. The Balaban J connectivity index is 1.83. The van der Waals surface area contributed by atoms with Crippen LogP contribution >= 0.6 is 0 Å². The molecule has 1 fully saturated rings. The highest BCUT2D eigenvalue weighted by atomic mass is 16.5. The van der Waals surface area contributed by atoms with Crippen LogP contribution in [0.4, 0.5) is 0 Å². The lowest BCUT2D eigenvalue weighted by Crippen LogP contribution is -2.30. The largest absolute Gasteiger partial charge is 0.383 e. The number of methoxy groups -OCH3 is 1. The monoisotopic (exact) mass is 300 g/mol. The van der Waals surface area contributed by atoms with Gasteiger partial charge in [-0.1, -0.05) is 18.2 Å². The van der Waals surface area contributed by atoms with Crippen molar-refractivity contribution in [2.45, 2.75) is 19.4 Å². The fourth-order valence-electron chi connectivity index (χ4n) is 2.64. The van der Waals surface area contributed by atoms with Gasteiger partial charge in [0, 0.05) is 42.2 Å². The van der Waals surface area contributed by atoms with Crippen molar-refractivity contribution in [3.05, 3.63) is 36.0 Å². The number of carbonyl (C=O) groups excluding carboxylic acids is 2. The first-order valence-corrected chi connectivity index (χ1v) is 7.58. The first kappa shape index (κ1) is 14.8. The number of carbonyl (C=O) groups is 2. The van der Waals surface area contributed by atoms with Gasteiger partial charge in [0.25, 0.3) is 0 Å². The second-order valence-corrected chi connectivity index (χ2v) is 5.67. The van der Waals surface area contributed by atoms with E-state index >= 15 is 0 Å². The molecule has 0 atom stereocenters. The van der Waals surface area contributed by atoms with Gasteiger partial charge in [0.15, 0.2) is 5.78 Å². The lowest BCUT2D eigenvalue weighted by atomic mass is 10.1. The van der Waals surface area contributed by atoms with Crippen LogP contribution in [0.15, 0.2) is 30.5 Å². The first-order valence-electron chi connectivity index (χ1n) is 7.58. The van der Waals surface area contributed by atoms with E-state index < -0.39 is 0 Å². The Kier molecular flexibility index (Phi) is 4.24. The van der Waals surface area contributed by atoms with E-state index in [-0.39, 0.29) is 24.2 Å². The summed E-state index contributed by atoms with van der Waals surface area (Å²) in [6.07, 6.45) is 3.78. The van der Waals surface area contributed by atoms with Gasteiger partial charge in [0.05, 0.1) is 6.61 Å². The zero-order valence-corrected chi connectivity index (χ0v) is 12.7. The molecule has 1 saturated carbocycles. The van der Waals surface area contributed by atoms with Gasteiger partial charge < -0.3 is 14.6 Å². The Morgan fingerprint density at radius 1 is 1.32 bits per heavy atom. The molecule has 0 radical (unpaired) electrons. The molecule has 116 valence electrons. The van der Waals surface area contributed by atoms with Crippen molar-refractivity contribution in [3.63, 3.8) is 0 Å². The van der Waals surface area contributed by atoms with E-state index in [0.717, 1.165) is 29.3 Å². The van der Waals surface area contributed by atoms with Gasteiger partial charge in [0.2, 0.25) is 5.91 Å². The summed E-state index contributed by atoms with van der Waals surface area (Å²) in [5, 5.41) is 3.74. The number of para-hydroxylation sites is 1. The molecule has 3 rings (SSSR count). The maximum atomic E-state index is 12.4. The number of nitrogens with one attached hydrogen (secondary N) is 1. The molecule has 1 amide bonds. The van der Waals surface area contributed by atoms with Gasteiger partial charge in [-0.05, 0) is 18.9 Å². The van der Waals surface area contributed by atoms with Crippen LogP contribution in [0, 0.1) is 5.92 Å².